The van der Waals surface area contributed by atoms with Gasteiger partial charge in [-0.2, -0.15) is 0 Å². The highest BCUT2D eigenvalue weighted by molar-refractivity contribution is 5.93. The van der Waals surface area contributed by atoms with E-state index in [9.17, 15) is 49.2 Å². The number of allylic oxidation sites excluding steroid dienone is 2. The number of phenols is 1. The first kappa shape index (κ1) is 54.7. The molecule has 0 saturated heterocycles. The monoisotopic (exact) mass is 923 g/mol. The Morgan fingerprint density at radius 1 is 0.818 bits per heavy atom. The summed E-state index contributed by atoms with van der Waals surface area (Å²) in [6.07, 6.45) is 7.77. The van der Waals surface area contributed by atoms with Crippen molar-refractivity contribution in [1.82, 2.24) is 16.0 Å². The summed E-state index contributed by atoms with van der Waals surface area (Å²) in [7, 11) is 0. The molecule has 1 aliphatic rings. The zero-order valence-corrected chi connectivity index (χ0v) is 38.2. The van der Waals surface area contributed by atoms with E-state index in [1.165, 1.54) is 19.1 Å². The number of carbonyl (C=O) groups excluding carboxylic acids is 5. The van der Waals surface area contributed by atoms with Gasteiger partial charge >= 0.3 is 18.0 Å². The van der Waals surface area contributed by atoms with Gasteiger partial charge in [-0.3, -0.25) is 24.0 Å². The molecule has 0 aliphatic heterocycles. The number of hydrogen-bond acceptors (Lipinski definition) is 13. The highest BCUT2D eigenvalue weighted by Crippen LogP contribution is 2.36. The number of carboxylic acid groups (broad SMARTS) is 1. The number of aliphatic hydroxyl groups excluding tert-OH is 3. The fourth-order valence-corrected chi connectivity index (χ4v) is 7.38. The Morgan fingerprint density at radius 2 is 1.52 bits per heavy atom. The lowest BCUT2D eigenvalue weighted by atomic mass is 9.89. The molecule has 3 rings (SSSR count). The number of alkyl carbamates (subject to hydrolysis) is 1. The number of nitrogens with one attached hydrogen (secondary N) is 3. The van der Waals surface area contributed by atoms with Crippen LogP contribution >= 0.6 is 0 Å². The fourth-order valence-electron chi connectivity index (χ4n) is 7.38. The number of esters is 1. The molecule has 0 bridgehead atoms. The number of benzene rings is 2. The molecule has 1 saturated carbocycles. The maximum Gasteiger partial charge on any atom is 0.407 e. The minimum atomic E-state index is -1.22. The van der Waals surface area contributed by atoms with Gasteiger partial charge in [-0.1, -0.05) is 87.5 Å². The highest BCUT2D eigenvalue weighted by Gasteiger charge is 2.39. The second-order valence-electron chi connectivity index (χ2n) is 17.1. The van der Waals surface area contributed by atoms with Crippen LogP contribution in [0.5, 0.6) is 5.75 Å². The minimum absolute atomic E-state index is 0.00109. The lowest BCUT2D eigenvalue weighted by Gasteiger charge is -2.24. The first-order valence-electron chi connectivity index (χ1n) is 22.7. The number of aliphatic carboxylic acids is 1. The Kier molecular flexibility index (Phi) is 24.7. The van der Waals surface area contributed by atoms with E-state index in [-0.39, 0.29) is 82.0 Å². The van der Waals surface area contributed by atoms with E-state index in [2.05, 4.69) is 16.0 Å². The van der Waals surface area contributed by atoms with Crippen LogP contribution < -0.4 is 16.0 Å². The van der Waals surface area contributed by atoms with Gasteiger partial charge < -0.3 is 55.7 Å². The van der Waals surface area contributed by atoms with Crippen LogP contribution in [-0.2, 0) is 51.0 Å². The van der Waals surface area contributed by atoms with Gasteiger partial charge in [-0.15, -0.1) is 0 Å². The Bertz CT molecular complexity index is 1870. The predicted octanol–water partition coefficient (Wildman–Crippen LogP) is 3.94. The lowest BCUT2D eigenvalue weighted by molar-refractivity contribution is -0.145. The van der Waals surface area contributed by atoms with Crippen molar-refractivity contribution in [1.29, 1.82) is 0 Å². The Labute approximate surface area is 387 Å². The van der Waals surface area contributed by atoms with E-state index in [4.69, 9.17) is 19.3 Å². The van der Waals surface area contributed by atoms with Crippen molar-refractivity contribution in [3.8, 4) is 5.75 Å². The molecule has 0 spiro atoms. The van der Waals surface area contributed by atoms with Crippen LogP contribution in [0, 0.1) is 23.7 Å². The van der Waals surface area contributed by atoms with Gasteiger partial charge in [0, 0.05) is 31.6 Å². The molecular weight excluding hydrogens is 855 g/mol. The maximum atomic E-state index is 13.5. The van der Waals surface area contributed by atoms with E-state index < -0.39 is 78.5 Å². The number of unbranched alkanes of at least 4 members (excludes halogenated alkanes) is 1. The van der Waals surface area contributed by atoms with Gasteiger partial charge in [-0.05, 0) is 73.6 Å². The predicted molar refractivity (Wildman–Crippen MR) is 244 cm³/mol. The number of phenolic OH excluding ortho intramolecular Hbond substituents is 1. The van der Waals surface area contributed by atoms with Crippen LogP contribution in [0.2, 0.25) is 0 Å². The largest absolute Gasteiger partial charge is 0.508 e. The van der Waals surface area contributed by atoms with Crippen molar-refractivity contribution in [3.05, 3.63) is 90.0 Å². The third-order valence-corrected chi connectivity index (χ3v) is 11.1. The van der Waals surface area contributed by atoms with Gasteiger partial charge in [0.1, 0.15) is 31.0 Å². The molecule has 364 valence electrons. The summed E-state index contributed by atoms with van der Waals surface area (Å²) in [6, 6.07) is 13.6. The SMILES string of the molecule is CC(C)C[C@H](NC(=O)[C@H](Cc1ccc(O)cc1)NC(=O)OCCOCCOC(=O)CCC/C=C\C[C@@H]1[C@@H](/C=C/[C@@H](O)CCc2ccccc2)[C@H](O)C[C@@H]1O)C(=O)NCC(=O)C[C@@H](C)C(=O)O. The number of rotatable bonds is 30. The summed E-state index contributed by atoms with van der Waals surface area (Å²) in [5, 5.41) is 58.0. The first-order chi connectivity index (χ1) is 31.5. The van der Waals surface area contributed by atoms with Crippen LogP contribution in [0.25, 0.3) is 0 Å². The third-order valence-electron chi connectivity index (χ3n) is 11.1. The molecule has 3 amide bonds. The minimum Gasteiger partial charge on any atom is -0.508 e. The molecule has 0 unspecified atom stereocenters. The lowest BCUT2D eigenvalue weighted by Crippen LogP contribution is -2.55. The number of aliphatic hydroxyl groups is 3. The molecule has 17 nitrogen and oxygen atoms in total. The standard InChI is InChI=1S/C49H69N3O14/c1-32(2)27-41(46(59)50-31-38(55)28-33(3)48(61)62)51-47(60)42(29-35-16-19-36(53)20-17-35)52-49(63)66-26-24-64-23-25-65-45(58)14-10-5-4-9-13-39-40(44(57)30-43(39)56)22-21-37(54)18-15-34-11-7-6-8-12-34/h4,6-9,11-12,16-17,19-22,32-33,37,39-44,53-54,56-57H,5,10,13-15,18,23-31H2,1-3H3,(H,50,59)(H,51,60)(H,52,63)(H,61,62)/b9-4-,22-21+/t33-,37+,39-,40-,41+,42+,43+,44-/m1/s1. The van der Waals surface area contributed by atoms with Gasteiger partial charge in [-0.25, -0.2) is 4.79 Å². The number of hydrogen-bond donors (Lipinski definition) is 8. The number of carboxylic acids is 1. The summed E-state index contributed by atoms with van der Waals surface area (Å²) in [6.45, 7) is 4.42. The molecule has 2 aromatic carbocycles. The summed E-state index contributed by atoms with van der Waals surface area (Å²) < 4.78 is 15.9. The summed E-state index contributed by atoms with van der Waals surface area (Å²) >= 11 is 0. The van der Waals surface area contributed by atoms with Crippen LogP contribution in [0.4, 0.5) is 4.79 Å². The van der Waals surface area contributed by atoms with Gasteiger partial charge in [0.25, 0.3) is 0 Å². The molecule has 8 atom stereocenters. The average molecular weight is 924 g/mol. The number of amides is 3. The molecule has 8 N–H and O–H groups in total. The highest BCUT2D eigenvalue weighted by atomic mass is 16.6. The van der Waals surface area contributed by atoms with E-state index in [0.717, 1.165) is 12.0 Å². The number of ketones is 1. The Balaban J connectivity index is 1.35. The number of aromatic hydroxyl groups is 1. The number of aryl methyl sites for hydroxylation is 1. The Hall–Kier alpha value is -5.62. The van der Waals surface area contributed by atoms with Gasteiger partial charge in [0.15, 0.2) is 5.78 Å². The van der Waals surface area contributed by atoms with Crippen molar-refractivity contribution in [2.24, 2.45) is 23.7 Å². The molecule has 0 radical (unpaired) electrons. The molecule has 2 aromatic rings. The van der Waals surface area contributed by atoms with Crippen molar-refractivity contribution >= 4 is 35.6 Å². The van der Waals surface area contributed by atoms with Crippen molar-refractivity contribution < 1.29 is 68.5 Å². The maximum absolute atomic E-state index is 13.5. The molecule has 1 fully saturated rings. The zero-order valence-electron chi connectivity index (χ0n) is 38.2. The van der Waals surface area contributed by atoms with Gasteiger partial charge in [0.05, 0.1) is 44.0 Å². The zero-order chi connectivity index (χ0) is 48.4. The fraction of sp³-hybridized carbons (Fsp3) is 0.551. The van der Waals surface area contributed by atoms with E-state index in [1.54, 1.807) is 18.2 Å². The number of Topliss-reactive ketones (excluding diaryl/α,β-unsaturated/α-hetero) is 1. The smallest absolute Gasteiger partial charge is 0.407 e. The quantitative estimate of drug-likeness (QED) is 0.0314. The normalized spacial score (nSPS) is 19.0. The van der Waals surface area contributed by atoms with E-state index >= 15 is 0 Å². The van der Waals surface area contributed by atoms with Crippen LogP contribution in [0.3, 0.4) is 0 Å². The summed E-state index contributed by atoms with van der Waals surface area (Å²) in [5.41, 5.74) is 1.72. The van der Waals surface area contributed by atoms with E-state index in [1.807, 2.05) is 62.4 Å². The second-order valence-corrected chi connectivity index (χ2v) is 17.1. The van der Waals surface area contributed by atoms with E-state index in [0.29, 0.717) is 31.2 Å². The molecular formula is C49H69N3O14. The molecule has 0 aromatic heterocycles. The average Bonchev–Trinajstić information content (AvgIpc) is 3.55. The summed E-state index contributed by atoms with van der Waals surface area (Å²) in [5.74, 6) is -4.85. The molecule has 1 aliphatic carbocycles. The number of carbonyl (C=O) groups is 6. The number of ether oxygens (including phenoxy) is 3. The van der Waals surface area contributed by atoms with Crippen LogP contribution in [-0.4, -0.2) is 125 Å². The van der Waals surface area contributed by atoms with Crippen LogP contribution in [0.15, 0.2) is 78.9 Å². The van der Waals surface area contributed by atoms with Crippen molar-refractivity contribution in [3.63, 3.8) is 0 Å². The van der Waals surface area contributed by atoms with Crippen molar-refractivity contribution in [2.75, 3.05) is 33.0 Å². The summed E-state index contributed by atoms with van der Waals surface area (Å²) in [4.78, 5) is 75.0. The topological polar surface area (TPSA) is 267 Å². The van der Waals surface area contributed by atoms with Crippen LogP contribution in [0.1, 0.15) is 83.3 Å². The molecule has 17 heteroatoms. The second kappa shape index (κ2) is 29.8. The van der Waals surface area contributed by atoms with Gasteiger partial charge in [0.2, 0.25) is 11.8 Å². The molecule has 0 heterocycles. The third kappa shape index (κ3) is 21.6. The Morgan fingerprint density at radius 3 is 2.20 bits per heavy atom. The first-order valence-corrected chi connectivity index (χ1v) is 22.7. The molecule has 66 heavy (non-hydrogen) atoms. The van der Waals surface area contributed by atoms with Crippen molar-refractivity contribution in [2.45, 2.75) is 115 Å².